The Balaban J connectivity index is 1.46. The lowest BCUT2D eigenvalue weighted by atomic mass is 9.50. The molecule has 0 aromatic heterocycles. The van der Waals surface area contributed by atoms with E-state index < -0.39 is 0 Å². The SMILES string of the molecule is C[C@@]12CCC(=O)N[C@@](C)(CNC3CC3)[C@H]1CC[C@@]1(C)O[C@H](C3=CCOC3=O)C[C@@H]21. The van der Waals surface area contributed by atoms with Gasteiger partial charge in [0.05, 0.1) is 22.8 Å². The Morgan fingerprint density at radius 3 is 2.62 bits per heavy atom. The van der Waals surface area contributed by atoms with Crippen LogP contribution in [0.25, 0.3) is 0 Å². The third-order valence-corrected chi connectivity index (χ3v) is 8.64. The van der Waals surface area contributed by atoms with Crippen molar-refractivity contribution in [2.75, 3.05) is 13.2 Å². The van der Waals surface area contributed by atoms with Crippen molar-refractivity contribution in [1.29, 1.82) is 0 Å². The lowest BCUT2D eigenvalue weighted by Crippen LogP contribution is -2.63. The van der Waals surface area contributed by atoms with E-state index in [9.17, 15) is 9.59 Å². The zero-order valence-corrected chi connectivity index (χ0v) is 17.9. The highest BCUT2D eigenvalue weighted by Crippen LogP contribution is 2.62. The van der Waals surface area contributed by atoms with Crippen molar-refractivity contribution in [1.82, 2.24) is 10.6 Å². The molecule has 6 heteroatoms. The summed E-state index contributed by atoms with van der Waals surface area (Å²) < 4.78 is 11.7. The molecule has 3 heterocycles. The Hall–Kier alpha value is -1.40. The number of carbonyl (C=O) groups is 2. The van der Waals surface area contributed by atoms with E-state index >= 15 is 0 Å². The van der Waals surface area contributed by atoms with Crippen molar-refractivity contribution in [2.24, 2.45) is 17.3 Å². The van der Waals surface area contributed by atoms with Crippen LogP contribution in [0.5, 0.6) is 0 Å². The fourth-order valence-corrected chi connectivity index (χ4v) is 7.01. The van der Waals surface area contributed by atoms with Crippen LogP contribution in [0.4, 0.5) is 0 Å². The maximum atomic E-state index is 12.7. The number of carbonyl (C=O) groups excluding carboxylic acids is 2. The average Bonchev–Trinajstić information content (AvgIpc) is 3.31. The van der Waals surface area contributed by atoms with Gasteiger partial charge in [0.2, 0.25) is 5.91 Å². The molecule has 0 aromatic carbocycles. The number of rotatable bonds is 4. The molecule has 160 valence electrons. The Morgan fingerprint density at radius 2 is 1.93 bits per heavy atom. The van der Waals surface area contributed by atoms with Crippen LogP contribution in [0.1, 0.15) is 65.7 Å². The van der Waals surface area contributed by atoms with E-state index in [-0.39, 0.29) is 34.5 Å². The van der Waals surface area contributed by atoms with Crippen molar-refractivity contribution >= 4 is 11.9 Å². The number of hydrogen-bond donors (Lipinski definition) is 2. The third-order valence-electron chi connectivity index (χ3n) is 8.64. The first-order valence-electron chi connectivity index (χ1n) is 11.3. The third kappa shape index (κ3) is 3.14. The molecular weight excluding hydrogens is 368 g/mol. The molecule has 0 spiro atoms. The molecule has 29 heavy (non-hydrogen) atoms. The molecule has 2 saturated carbocycles. The molecule has 0 aromatic rings. The van der Waals surface area contributed by atoms with Gasteiger partial charge in [0, 0.05) is 19.0 Å². The second-order valence-electron chi connectivity index (χ2n) is 10.7. The minimum Gasteiger partial charge on any atom is -0.458 e. The fraction of sp³-hybridized carbons (Fsp3) is 0.826. The molecule has 0 bridgehead atoms. The largest absolute Gasteiger partial charge is 0.458 e. The van der Waals surface area contributed by atoms with E-state index in [4.69, 9.17) is 9.47 Å². The van der Waals surface area contributed by atoms with Gasteiger partial charge in [0.1, 0.15) is 6.61 Å². The second kappa shape index (κ2) is 6.55. The van der Waals surface area contributed by atoms with Gasteiger partial charge in [-0.25, -0.2) is 4.79 Å². The van der Waals surface area contributed by atoms with E-state index in [0.29, 0.717) is 36.5 Å². The Kier molecular flexibility index (Phi) is 4.42. The van der Waals surface area contributed by atoms with E-state index in [0.717, 1.165) is 32.2 Å². The summed E-state index contributed by atoms with van der Waals surface area (Å²) in [6, 6.07) is 0.617. The van der Waals surface area contributed by atoms with Gasteiger partial charge in [-0.2, -0.15) is 0 Å². The number of nitrogens with one attached hydrogen (secondary N) is 2. The van der Waals surface area contributed by atoms with Gasteiger partial charge in [0.25, 0.3) is 0 Å². The molecule has 6 atom stereocenters. The van der Waals surface area contributed by atoms with Crippen molar-refractivity contribution in [2.45, 2.75) is 89.0 Å². The number of cyclic esters (lactones) is 1. The monoisotopic (exact) mass is 402 g/mol. The first kappa shape index (κ1) is 19.6. The molecule has 3 aliphatic heterocycles. The van der Waals surface area contributed by atoms with Crippen LogP contribution in [0.2, 0.25) is 0 Å². The highest BCUT2D eigenvalue weighted by atomic mass is 16.5. The van der Waals surface area contributed by atoms with Crippen molar-refractivity contribution in [3.05, 3.63) is 11.6 Å². The molecule has 2 aliphatic carbocycles. The molecule has 5 rings (SSSR count). The van der Waals surface area contributed by atoms with E-state index in [1.54, 1.807) is 0 Å². The minimum absolute atomic E-state index is 0.00996. The molecule has 2 saturated heterocycles. The fourth-order valence-electron chi connectivity index (χ4n) is 7.01. The molecule has 5 aliphatic rings. The molecular formula is C23H34N2O4. The first-order chi connectivity index (χ1) is 13.7. The number of hydrogen-bond acceptors (Lipinski definition) is 5. The van der Waals surface area contributed by atoms with Crippen LogP contribution in [0, 0.1) is 17.3 Å². The summed E-state index contributed by atoms with van der Waals surface area (Å²) >= 11 is 0. The Labute approximate surface area is 173 Å². The summed E-state index contributed by atoms with van der Waals surface area (Å²) in [7, 11) is 0. The lowest BCUT2D eigenvalue weighted by molar-refractivity contribution is -0.140. The predicted octanol–water partition coefficient (Wildman–Crippen LogP) is 2.47. The van der Waals surface area contributed by atoms with Gasteiger partial charge < -0.3 is 20.1 Å². The summed E-state index contributed by atoms with van der Waals surface area (Å²) in [5, 5.41) is 7.08. The molecule has 4 fully saturated rings. The number of esters is 1. The van der Waals surface area contributed by atoms with Gasteiger partial charge in [-0.05, 0) is 75.7 Å². The van der Waals surface area contributed by atoms with E-state index in [1.165, 1.54) is 12.8 Å². The van der Waals surface area contributed by atoms with Crippen LogP contribution in [0.3, 0.4) is 0 Å². The van der Waals surface area contributed by atoms with Crippen LogP contribution < -0.4 is 10.6 Å². The predicted molar refractivity (Wildman–Crippen MR) is 108 cm³/mol. The topological polar surface area (TPSA) is 76.7 Å². The maximum absolute atomic E-state index is 12.7. The van der Waals surface area contributed by atoms with Gasteiger partial charge in [-0.3, -0.25) is 4.79 Å². The van der Waals surface area contributed by atoms with Gasteiger partial charge in [0.15, 0.2) is 0 Å². The summed E-state index contributed by atoms with van der Waals surface area (Å²) in [4.78, 5) is 24.8. The van der Waals surface area contributed by atoms with Gasteiger partial charge in [-0.15, -0.1) is 0 Å². The van der Waals surface area contributed by atoms with E-state index in [1.807, 2.05) is 6.08 Å². The van der Waals surface area contributed by atoms with Gasteiger partial charge >= 0.3 is 5.97 Å². The lowest BCUT2D eigenvalue weighted by Gasteiger charge is -2.56. The maximum Gasteiger partial charge on any atom is 0.336 e. The minimum atomic E-state index is -0.254. The average molecular weight is 403 g/mol. The number of ether oxygens (including phenoxy) is 2. The zero-order chi connectivity index (χ0) is 20.4. The molecule has 2 N–H and O–H groups in total. The second-order valence-corrected chi connectivity index (χ2v) is 10.7. The smallest absolute Gasteiger partial charge is 0.336 e. The molecule has 0 radical (unpaired) electrons. The first-order valence-corrected chi connectivity index (χ1v) is 11.3. The van der Waals surface area contributed by atoms with Crippen LogP contribution in [-0.4, -0.2) is 48.3 Å². The van der Waals surface area contributed by atoms with Crippen molar-refractivity contribution < 1.29 is 19.1 Å². The quantitative estimate of drug-likeness (QED) is 0.707. The van der Waals surface area contributed by atoms with Crippen molar-refractivity contribution in [3.8, 4) is 0 Å². The molecule has 1 amide bonds. The van der Waals surface area contributed by atoms with Crippen LogP contribution >= 0.6 is 0 Å². The zero-order valence-electron chi connectivity index (χ0n) is 17.9. The van der Waals surface area contributed by atoms with Gasteiger partial charge in [-0.1, -0.05) is 6.92 Å². The van der Waals surface area contributed by atoms with Crippen molar-refractivity contribution in [3.63, 3.8) is 0 Å². The summed E-state index contributed by atoms with van der Waals surface area (Å²) in [5.41, 5.74) is 0.180. The summed E-state index contributed by atoms with van der Waals surface area (Å²) in [5.74, 6) is 0.647. The number of amides is 1. The molecule has 0 unspecified atom stereocenters. The molecule has 6 nitrogen and oxygen atoms in total. The summed E-state index contributed by atoms with van der Waals surface area (Å²) in [6.45, 7) is 8.03. The standard InChI is InChI=1S/C23H34N2O4/c1-21-9-7-19(26)25-22(2,13-24-14-4-5-14)17(21)6-10-23(3)18(21)12-16(29-23)15-8-11-28-20(15)27/h8,14,16-18,24H,4-7,9-13H2,1-3H3,(H,25,26)/t16-,17-,18-,21+,22-,23+/m0/s1. The normalized spacial score (nSPS) is 47.0. The number of fused-ring (bicyclic) bond motifs is 3. The van der Waals surface area contributed by atoms with Crippen LogP contribution in [-0.2, 0) is 19.1 Å². The highest BCUT2D eigenvalue weighted by Gasteiger charge is 2.63. The van der Waals surface area contributed by atoms with Crippen LogP contribution in [0.15, 0.2) is 11.6 Å². The summed E-state index contributed by atoms with van der Waals surface area (Å²) in [6.07, 6.45) is 8.46. The Morgan fingerprint density at radius 1 is 1.14 bits per heavy atom. The Bertz CT molecular complexity index is 762. The van der Waals surface area contributed by atoms with E-state index in [2.05, 4.69) is 31.4 Å². The highest BCUT2D eigenvalue weighted by molar-refractivity contribution is 5.91.